The van der Waals surface area contributed by atoms with E-state index in [0.717, 1.165) is 12.0 Å². The normalized spacial score (nSPS) is 10.4. The van der Waals surface area contributed by atoms with Gasteiger partial charge in [0.2, 0.25) is 0 Å². The van der Waals surface area contributed by atoms with Crippen LogP contribution in [0.5, 0.6) is 0 Å². The van der Waals surface area contributed by atoms with Gasteiger partial charge in [0.25, 0.3) is 0 Å². The van der Waals surface area contributed by atoms with Crippen molar-refractivity contribution in [1.82, 2.24) is 0 Å². The molecule has 0 aliphatic carbocycles. The Morgan fingerprint density at radius 2 is 1.75 bits per heavy atom. The first-order chi connectivity index (χ1) is 7.66. The second-order valence-electron chi connectivity index (χ2n) is 3.75. The summed E-state index contributed by atoms with van der Waals surface area (Å²) in [4.78, 5) is 0. The molecule has 2 rings (SSSR count). The van der Waals surface area contributed by atoms with E-state index in [-0.39, 0.29) is 0 Å². The lowest BCUT2D eigenvalue weighted by atomic mass is 10.0. The molecule has 0 N–H and O–H groups in total. The molecule has 0 saturated heterocycles. The van der Waals surface area contributed by atoms with E-state index in [4.69, 9.17) is 23.2 Å². The van der Waals surface area contributed by atoms with Crippen molar-refractivity contribution in [2.24, 2.45) is 0 Å². The van der Waals surface area contributed by atoms with Crippen LogP contribution < -0.4 is 0 Å². The minimum Gasteiger partial charge on any atom is -0.0836 e. The fourth-order valence-electron chi connectivity index (χ4n) is 1.62. The van der Waals surface area contributed by atoms with Crippen molar-refractivity contribution in [1.29, 1.82) is 0 Å². The number of rotatable bonds is 2. The predicted molar refractivity (Wildman–Crippen MR) is 69.3 cm³/mol. The Kier molecular flexibility index (Phi) is 3.52. The fourth-order valence-corrected chi connectivity index (χ4v) is 2.06. The van der Waals surface area contributed by atoms with Gasteiger partial charge in [0, 0.05) is 6.07 Å². The van der Waals surface area contributed by atoms with Crippen molar-refractivity contribution in [3.63, 3.8) is 0 Å². The topological polar surface area (TPSA) is 0 Å². The second-order valence-corrected chi connectivity index (χ2v) is 4.53. The summed E-state index contributed by atoms with van der Waals surface area (Å²) in [5.74, 6) is 0. The molecule has 16 heavy (non-hydrogen) atoms. The highest BCUT2D eigenvalue weighted by atomic mass is 35.5. The van der Waals surface area contributed by atoms with Crippen LogP contribution in [0.25, 0.3) is 0 Å². The summed E-state index contributed by atoms with van der Waals surface area (Å²) in [5, 5.41) is 1.16. The lowest BCUT2D eigenvalue weighted by Gasteiger charge is -2.07. The quantitative estimate of drug-likeness (QED) is 0.725. The van der Waals surface area contributed by atoms with E-state index in [0.29, 0.717) is 10.0 Å². The van der Waals surface area contributed by atoms with Crippen LogP contribution in [0.15, 0.2) is 36.4 Å². The first-order valence-electron chi connectivity index (χ1n) is 5.07. The van der Waals surface area contributed by atoms with Crippen LogP contribution in [0.3, 0.4) is 0 Å². The van der Waals surface area contributed by atoms with E-state index in [9.17, 15) is 0 Å². The minimum absolute atomic E-state index is 0.554. The van der Waals surface area contributed by atoms with Gasteiger partial charge in [-0.05, 0) is 36.1 Å². The van der Waals surface area contributed by atoms with Crippen molar-refractivity contribution in [3.8, 4) is 0 Å². The van der Waals surface area contributed by atoms with Crippen molar-refractivity contribution in [2.45, 2.75) is 13.3 Å². The van der Waals surface area contributed by atoms with E-state index >= 15 is 0 Å². The predicted octanol–water partition coefficient (Wildman–Crippen LogP) is 4.69. The van der Waals surface area contributed by atoms with Crippen LogP contribution in [0.1, 0.15) is 16.7 Å². The van der Waals surface area contributed by atoms with Gasteiger partial charge >= 0.3 is 0 Å². The molecule has 0 spiro atoms. The van der Waals surface area contributed by atoms with Gasteiger partial charge in [-0.1, -0.05) is 53.5 Å². The van der Waals surface area contributed by atoms with E-state index in [2.05, 4.69) is 25.1 Å². The molecule has 0 saturated carbocycles. The van der Waals surface area contributed by atoms with E-state index in [1.54, 1.807) is 0 Å². The van der Waals surface area contributed by atoms with Crippen molar-refractivity contribution in [3.05, 3.63) is 69.2 Å². The van der Waals surface area contributed by atoms with E-state index in [1.807, 2.05) is 24.3 Å². The third-order valence-electron chi connectivity index (χ3n) is 2.58. The highest BCUT2D eigenvalue weighted by Gasteiger charge is 2.04. The maximum atomic E-state index is 6.09. The van der Waals surface area contributed by atoms with Crippen LogP contribution >= 0.6 is 23.2 Å². The Morgan fingerprint density at radius 1 is 1.00 bits per heavy atom. The van der Waals surface area contributed by atoms with Gasteiger partial charge in [-0.25, -0.2) is 0 Å². The van der Waals surface area contributed by atoms with Gasteiger partial charge in [-0.3, -0.25) is 0 Å². The number of benzene rings is 2. The third-order valence-corrected chi connectivity index (χ3v) is 3.14. The van der Waals surface area contributed by atoms with Crippen LogP contribution in [0.4, 0.5) is 0 Å². The molecule has 2 heteroatoms. The summed E-state index contributed by atoms with van der Waals surface area (Å²) < 4.78 is 0. The standard InChI is InChI=1S/C14H11Cl2/c1-10-4-2-3-5-11(10)8-12-6-7-13(15)9-14(12)16/h2-7H,8H2,1H3. The summed E-state index contributed by atoms with van der Waals surface area (Å²) in [7, 11) is 0. The Labute approximate surface area is 106 Å². The molecule has 0 heterocycles. The van der Waals surface area contributed by atoms with Crippen LogP contribution in [0.2, 0.25) is 10.0 Å². The number of halogens is 2. The van der Waals surface area contributed by atoms with Crippen molar-refractivity contribution in [2.75, 3.05) is 0 Å². The smallest absolute Gasteiger partial charge is 0.0535 e. The number of hydrogen-bond donors (Lipinski definition) is 0. The van der Waals surface area contributed by atoms with Gasteiger partial charge < -0.3 is 0 Å². The molecule has 0 amide bonds. The zero-order valence-electron chi connectivity index (χ0n) is 8.93. The van der Waals surface area contributed by atoms with Crippen LogP contribution in [-0.2, 0) is 6.42 Å². The van der Waals surface area contributed by atoms with Crippen molar-refractivity contribution < 1.29 is 0 Å². The Morgan fingerprint density at radius 3 is 2.44 bits per heavy atom. The van der Waals surface area contributed by atoms with Gasteiger partial charge in [0.1, 0.15) is 0 Å². The van der Waals surface area contributed by atoms with E-state index in [1.165, 1.54) is 11.1 Å². The molecule has 1 radical (unpaired) electrons. The molecule has 0 bridgehead atoms. The highest BCUT2D eigenvalue weighted by molar-refractivity contribution is 6.34. The maximum absolute atomic E-state index is 6.09. The van der Waals surface area contributed by atoms with E-state index < -0.39 is 0 Å². The van der Waals surface area contributed by atoms with Gasteiger partial charge in [-0.15, -0.1) is 0 Å². The molecule has 2 aromatic carbocycles. The zero-order valence-corrected chi connectivity index (χ0v) is 10.4. The Bertz CT molecular complexity index is 504. The van der Waals surface area contributed by atoms with Gasteiger partial charge in [0.15, 0.2) is 0 Å². The van der Waals surface area contributed by atoms with Gasteiger partial charge in [0.05, 0.1) is 10.0 Å². The average Bonchev–Trinajstić information content (AvgIpc) is 2.25. The Balaban J connectivity index is 2.31. The lowest BCUT2D eigenvalue weighted by Crippen LogP contribution is -1.92. The summed E-state index contributed by atoms with van der Waals surface area (Å²) in [6.07, 6.45) is 0.819. The largest absolute Gasteiger partial charge is 0.0836 e. The molecule has 0 aromatic heterocycles. The minimum atomic E-state index is 0.554. The van der Waals surface area contributed by atoms with Crippen LogP contribution in [0, 0.1) is 13.0 Å². The average molecular weight is 250 g/mol. The molecule has 2 aromatic rings. The molecule has 0 unspecified atom stereocenters. The SMILES string of the molecule is Cc1ccccc1Cc1ccc(Cl)[c]c1Cl. The molecule has 81 valence electrons. The van der Waals surface area contributed by atoms with Gasteiger partial charge in [-0.2, -0.15) is 0 Å². The van der Waals surface area contributed by atoms with Crippen molar-refractivity contribution >= 4 is 23.2 Å². The number of hydrogen-bond acceptors (Lipinski definition) is 0. The lowest BCUT2D eigenvalue weighted by molar-refractivity contribution is 1.16. The third kappa shape index (κ3) is 2.58. The summed E-state index contributed by atoms with van der Waals surface area (Å²) in [6.45, 7) is 2.10. The second kappa shape index (κ2) is 4.90. The first-order valence-corrected chi connectivity index (χ1v) is 5.83. The maximum Gasteiger partial charge on any atom is 0.0535 e. The summed E-state index contributed by atoms with van der Waals surface area (Å²) >= 11 is 11.9. The molecular weight excluding hydrogens is 239 g/mol. The number of aryl methyl sites for hydroxylation is 1. The first kappa shape index (κ1) is 11.5. The highest BCUT2D eigenvalue weighted by Crippen LogP contribution is 2.23. The van der Waals surface area contributed by atoms with Crippen LogP contribution in [-0.4, -0.2) is 0 Å². The molecule has 0 aliphatic rings. The summed E-state index contributed by atoms with van der Waals surface area (Å²) in [5.41, 5.74) is 3.61. The monoisotopic (exact) mass is 249 g/mol. The molecule has 0 fully saturated rings. The molecule has 0 atom stereocenters. The zero-order chi connectivity index (χ0) is 11.5. The fraction of sp³-hybridized carbons (Fsp3) is 0.143. The summed E-state index contributed by atoms with van der Waals surface area (Å²) in [6, 6.07) is 15.0. The Hall–Kier alpha value is -0.980. The molecule has 0 nitrogen and oxygen atoms in total. The molecular formula is C14H11Cl2. The molecule has 0 aliphatic heterocycles.